The second kappa shape index (κ2) is 5.91. The van der Waals surface area contributed by atoms with E-state index in [1.54, 1.807) is 28.9 Å². The number of ether oxygens (including phenoxy) is 1. The van der Waals surface area contributed by atoms with Crippen molar-refractivity contribution < 1.29 is 18.7 Å². The standard InChI is InChI=1S/C18H21N5O4/c1-22-14(3-5-21-22)16(24)19-6-11-12-7-23(17(25)13-8-26-10-20-13)9-18(12)4-2-15(11)27-18/h3,5,8,10-12,15H,2,4,6-7,9H2,1H3,(H,19,24)/t11-,12+,15+,18+/m0/s1. The first-order valence-electron chi connectivity index (χ1n) is 9.19. The largest absolute Gasteiger partial charge is 0.451 e. The average molecular weight is 371 g/mol. The summed E-state index contributed by atoms with van der Waals surface area (Å²) in [5.41, 5.74) is 0.566. The van der Waals surface area contributed by atoms with Crippen LogP contribution in [0.3, 0.4) is 0 Å². The summed E-state index contributed by atoms with van der Waals surface area (Å²) in [5.74, 6) is 0.155. The molecule has 3 fully saturated rings. The second-order valence-electron chi connectivity index (χ2n) is 7.64. The van der Waals surface area contributed by atoms with Crippen molar-refractivity contribution in [2.45, 2.75) is 24.5 Å². The van der Waals surface area contributed by atoms with Crippen molar-refractivity contribution in [2.24, 2.45) is 18.9 Å². The Morgan fingerprint density at radius 1 is 1.44 bits per heavy atom. The Morgan fingerprint density at radius 2 is 2.33 bits per heavy atom. The Labute approximate surface area is 155 Å². The minimum atomic E-state index is -0.286. The number of likely N-dealkylation sites (tertiary alicyclic amines) is 1. The third-order valence-electron chi connectivity index (χ3n) is 6.27. The fourth-order valence-corrected chi connectivity index (χ4v) is 5.00. The summed E-state index contributed by atoms with van der Waals surface area (Å²) in [6.45, 7) is 1.73. The van der Waals surface area contributed by atoms with E-state index in [0.29, 0.717) is 31.0 Å². The molecule has 2 aromatic rings. The third-order valence-corrected chi connectivity index (χ3v) is 6.27. The van der Waals surface area contributed by atoms with Gasteiger partial charge in [-0.25, -0.2) is 4.98 Å². The van der Waals surface area contributed by atoms with Crippen molar-refractivity contribution in [3.63, 3.8) is 0 Å². The second-order valence-corrected chi connectivity index (χ2v) is 7.64. The molecule has 2 bridgehead atoms. The highest BCUT2D eigenvalue weighted by atomic mass is 16.5. The van der Waals surface area contributed by atoms with Gasteiger partial charge in [0.1, 0.15) is 12.0 Å². The number of nitrogens with one attached hydrogen (secondary N) is 1. The number of rotatable bonds is 4. The molecule has 0 saturated carbocycles. The van der Waals surface area contributed by atoms with E-state index in [1.165, 1.54) is 12.7 Å². The number of fused-ring (bicyclic) bond motifs is 1. The molecule has 4 atom stereocenters. The molecule has 3 saturated heterocycles. The van der Waals surface area contributed by atoms with E-state index in [9.17, 15) is 9.59 Å². The van der Waals surface area contributed by atoms with Crippen molar-refractivity contribution in [2.75, 3.05) is 19.6 Å². The first-order chi connectivity index (χ1) is 13.1. The van der Waals surface area contributed by atoms with Crippen LogP contribution >= 0.6 is 0 Å². The number of hydrogen-bond acceptors (Lipinski definition) is 6. The fraction of sp³-hybridized carbons (Fsp3) is 0.556. The Kier molecular flexibility index (Phi) is 3.61. The monoisotopic (exact) mass is 371 g/mol. The number of hydrogen-bond donors (Lipinski definition) is 1. The predicted molar refractivity (Wildman–Crippen MR) is 91.8 cm³/mol. The van der Waals surface area contributed by atoms with Crippen LogP contribution in [0.2, 0.25) is 0 Å². The maximum absolute atomic E-state index is 12.6. The molecule has 3 aliphatic heterocycles. The van der Waals surface area contributed by atoms with Crippen LogP contribution in [0.5, 0.6) is 0 Å². The summed E-state index contributed by atoms with van der Waals surface area (Å²) in [5, 5.41) is 7.06. The van der Waals surface area contributed by atoms with Crippen molar-refractivity contribution in [3.05, 3.63) is 36.3 Å². The summed E-state index contributed by atoms with van der Waals surface area (Å²) in [4.78, 5) is 30.8. The highest BCUT2D eigenvalue weighted by Gasteiger charge is 2.63. The highest BCUT2D eigenvalue weighted by Crippen LogP contribution is 2.54. The molecule has 0 radical (unpaired) electrons. The van der Waals surface area contributed by atoms with Gasteiger partial charge in [-0.1, -0.05) is 0 Å². The molecule has 3 aliphatic rings. The molecule has 1 spiro atoms. The molecule has 1 N–H and O–H groups in total. The SMILES string of the molecule is Cn1nccc1C(=O)NC[C@H]1[C@H]2CN(C(=O)c3cocn3)C[C@]23CC[C@H]1O3. The van der Waals surface area contributed by atoms with Crippen molar-refractivity contribution >= 4 is 11.8 Å². The number of nitrogens with zero attached hydrogens (tertiary/aromatic N) is 4. The molecular weight excluding hydrogens is 350 g/mol. The molecule has 27 heavy (non-hydrogen) atoms. The average Bonchev–Trinajstić information content (AvgIpc) is 3.44. The number of carbonyl (C=O) groups is 2. The van der Waals surface area contributed by atoms with Gasteiger partial charge in [0.25, 0.3) is 11.8 Å². The molecule has 0 aliphatic carbocycles. The summed E-state index contributed by atoms with van der Waals surface area (Å²) in [7, 11) is 1.74. The molecule has 5 rings (SSSR count). The van der Waals surface area contributed by atoms with Crippen LogP contribution in [0.4, 0.5) is 0 Å². The van der Waals surface area contributed by atoms with Gasteiger partial charge in [-0.15, -0.1) is 0 Å². The van der Waals surface area contributed by atoms with Crippen LogP contribution in [0.25, 0.3) is 0 Å². The molecule has 0 aromatic carbocycles. The first-order valence-corrected chi connectivity index (χ1v) is 9.19. The maximum atomic E-state index is 12.6. The third kappa shape index (κ3) is 2.48. The van der Waals surface area contributed by atoms with Crippen LogP contribution in [0.1, 0.15) is 33.8 Å². The summed E-state index contributed by atoms with van der Waals surface area (Å²) < 4.78 is 12.8. The van der Waals surface area contributed by atoms with E-state index in [2.05, 4.69) is 15.4 Å². The van der Waals surface area contributed by atoms with E-state index in [4.69, 9.17) is 9.15 Å². The van der Waals surface area contributed by atoms with E-state index >= 15 is 0 Å². The van der Waals surface area contributed by atoms with Crippen LogP contribution in [-0.2, 0) is 11.8 Å². The molecule has 9 heteroatoms. The van der Waals surface area contributed by atoms with Crippen molar-refractivity contribution in [1.29, 1.82) is 0 Å². The molecule has 142 valence electrons. The molecule has 2 amide bonds. The maximum Gasteiger partial charge on any atom is 0.275 e. The first kappa shape index (κ1) is 16.5. The molecule has 0 unspecified atom stereocenters. The number of carbonyl (C=O) groups excluding carboxylic acids is 2. The molecule has 9 nitrogen and oxygen atoms in total. The lowest BCUT2D eigenvalue weighted by molar-refractivity contribution is 0.00311. The van der Waals surface area contributed by atoms with E-state index < -0.39 is 0 Å². The molecule has 2 aromatic heterocycles. The Balaban J connectivity index is 1.29. The van der Waals surface area contributed by atoms with Crippen LogP contribution in [0, 0.1) is 11.8 Å². The minimum absolute atomic E-state index is 0.128. The van der Waals surface area contributed by atoms with Gasteiger partial charge in [-0.05, 0) is 18.9 Å². The van der Waals surface area contributed by atoms with Gasteiger partial charge >= 0.3 is 0 Å². The zero-order valence-electron chi connectivity index (χ0n) is 15.0. The van der Waals surface area contributed by atoms with Gasteiger partial charge < -0.3 is 19.4 Å². The number of aromatic nitrogens is 3. The predicted octanol–water partition coefficient (Wildman–Crippen LogP) is 0.458. The van der Waals surface area contributed by atoms with Gasteiger partial charge in [0.2, 0.25) is 0 Å². The Bertz CT molecular complexity index is 878. The Morgan fingerprint density at radius 3 is 3.07 bits per heavy atom. The molecular formula is C18H21N5O4. The minimum Gasteiger partial charge on any atom is -0.451 e. The van der Waals surface area contributed by atoms with Gasteiger partial charge in [0.15, 0.2) is 12.1 Å². The van der Waals surface area contributed by atoms with Crippen LogP contribution < -0.4 is 5.32 Å². The smallest absolute Gasteiger partial charge is 0.275 e. The van der Waals surface area contributed by atoms with E-state index in [0.717, 1.165) is 12.8 Å². The summed E-state index contributed by atoms with van der Waals surface area (Å²) in [6.07, 6.45) is 6.31. The quantitative estimate of drug-likeness (QED) is 0.838. The summed E-state index contributed by atoms with van der Waals surface area (Å²) in [6, 6.07) is 1.70. The summed E-state index contributed by atoms with van der Waals surface area (Å²) >= 11 is 0. The van der Waals surface area contributed by atoms with E-state index in [-0.39, 0.29) is 35.4 Å². The zero-order chi connectivity index (χ0) is 18.6. The number of aryl methyl sites for hydroxylation is 1. The van der Waals surface area contributed by atoms with Crippen molar-refractivity contribution in [1.82, 2.24) is 25.0 Å². The highest BCUT2D eigenvalue weighted by molar-refractivity contribution is 5.93. The van der Waals surface area contributed by atoms with Gasteiger partial charge in [0, 0.05) is 38.2 Å². The number of oxazole rings is 1. The Hall–Kier alpha value is -2.68. The lowest BCUT2D eigenvalue weighted by Crippen LogP contribution is -2.42. The van der Waals surface area contributed by atoms with Crippen molar-refractivity contribution in [3.8, 4) is 0 Å². The molecule has 5 heterocycles. The fourth-order valence-electron chi connectivity index (χ4n) is 5.00. The van der Waals surface area contributed by atoms with Crippen LogP contribution in [0.15, 0.2) is 29.3 Å². The zero-order valence-corrected chi connectivity index (χ0v) is 15.0. The lowest BCUT2D eigenvalue weighted by atomic mass is 9.73. The topological polar surface area (TPSA) is 102 Å². The van der Waals surface area contributed by atoms with Crippen LogP contribution in [-0.4, -0.2) is 62.8 Å². The van der Waals surface area contributed by atoms with Gasteiger partial charge in [0.05, 0.1) is 18.2 Å². The normalized spacial score (nSPS) is 31.3. The number of amides is 2. The van der Waals surface area contributed by atoms with Gasteiger partial charge in [-0.2, -0.15) is 5.10 Å². The lowest BCUT2D eigenvalue weighted by Gasteiger charge is -2.29. The van der Waals surface area contributed by atoms with Gasteiger partial charge in [-0.3, -0.25) is 14.3 Å². The van der Waals surface area contributed by atoms with E-state index in [1.807, 2.05) is 0 Å².